The first-order valence-electron chi connectivity index (χ1n) is 9.80. The van der Waals surface area contributed by atoms with E-state index in [-0.39, 0.29) is 39.5 Å². The molecule has 11 nitrogen and oxygen atoms in total. The van der Waals surface area contributed by atoms with E-state index in [2.05, 4.69) is 15.3 Å². The van der Waals surface area contributed by atoms with Crippen LogP contribution < -0.4 is 24.6 Å². The van der Waals surface area contributed by atoms with Crippen molar-refractivity contribution in [1.29, 1.82) is 0 Å². The lowest BCUT2D eigenvalue weighted by Gasteiger charge is -2.37. The van der Waals surface area contributed by atoms with Crippen molar-refractivity contribution >= 4 is 58.1 Å². The summed E-state index contributed by atoms with van der Waals surface area (Å²) in [6.45, 7) is 0.0530. The molecular formula is C21H18Cl2N6O5. The number of ether oxygens (including phenoxy) is 2. The molecule has 0 bridgehead atoms. The number of rotatable bonds is 6. The number of halogens is 2. The van der Waals surface area contributed by atoms with Crippen molar-refractivity contribution in [3.63, 3.8) is 0 Å². The number of carbonyl (C=O) groups excluding carboxylic acids is 1. The van der Waals surface area contributed by atoms with E-state index >= 15 is 0 Å². The monoisotopic (exact) mass is 504 g/mol. The van der Waals surface area contributed by atoms with Gasteiger partial charge in [0, 0.05) is 37.0 Å². The highest BCUT2D eigenvalue weighted by Gasteiger charge is 2.37. The van der Waals surface area contributed by atoms with Crippen LogP contribution in [0.2, 0.25) is 10.0 Å². The normalized spacial score (nSPS) is 12.9. The summed E-state index contributed by atoms with van der Waals surface area (Å²) in [5, 5.41) is 14.2. The Hall–Kier alpha value is -3.83. The zero-order valence-electron chi connectivity index (χ0n) is 18.2. The summed E-state index contributed by atoms with van der Waals surface area (Å²) in [4.78, 5) is 35.8. The number of nitro groups is 1. The molecule has 1 aromatic heterocycles. The number of hydrogen-bond donors (Lipinski definition) is 1. The van der Waals surface area contributed by atoms with Crippen LogP contribution in [0.1, 0.15) is 5.56 Å². The summed E-state index contributed by atoms with van der Waals surface area (Å²) in [5.74, 6) is 1.14. The Bertz CT molecular complexity index is 1260. The highest BCUT2D eigenvalue weighted by Crippen LogP contribution is 2.48. The molecule has 13 heteroatoms. The molecular weight excluding hydrogens is 487 g/mol. The van der Waals surface area contributed by atoms with Crippen molar-refractivity contribution < 1.29 is 19.2 Å². The van der Waals surface area contributed by atoms with Crippen LogP contribution in [0.25, 0.3) is 0 Å². The SMILES string of the molecule is CNc1ncc2c(n1)N(c1ccc([N+](=O)[O-])cc1)C(=O)N(c1c(Cl)c(OC)cc(OC)c1Cl)C2. The zero-order chi connectivity index (χ0) is 24.6. The quantitative estimate of drug-likeness (QED) is 0.366. The first kappa shape index (κ1) is 23.3. The van der Waals surface area contributed by atoms with Crippen LogP contribution in [-0.2, 0) is 6.54 Å². The Balaban J connectivity index is 1.92. The van der Waals surface area contributed by atoms with Crippen LogP contribution in [0.3, 0.4) is 0 Å². The average molecular weight is 505 g/mol. The third-order valence-electron chi connectivity index (χ3n) is 5.17. The lowest BCUT2D eigenvalue weighted by molar-refractivity contribution is -0.384. The predicted octanol–water partition coefficient (Wildman–Crippen LogP) is 5.03. The first-order chi connectivity index (χ1) is 16.3. The van der Waals surface area contributed by atoms with Crippen LogP contribution >= 0.6 is 23.2 Å². The van der Waals surface area contributed by atoms with E-state index in [1.54, 1.807) is 13.2 Å². The zero-order valence-corrected chi connectivity index (χ0v) is 19.7. The molecule has 0 fully saturated rings. The number of carbonyl (C=O) groups is 1. The smallest absolute Gasteiger partial charge is 0.335 e. The Labute approximate surface area is 204 Å². The molecule has 0 radical (unpaired) electrons. The largest absolute Gasteiger partial charge is 0.495 e. The Morgan fingerprint density at radius 1 is 1.12 bits per heavy atom. The first-order valence-corrected chi connectivity index (χ1v) is 10.6. The minimum atomic E-state index is -0.541. The number of hydrogen-bond acceptors (Lipinski definition) is 8. The molecule has 2 heterocycles. The summed E-state index contributed by atoms with van der Waals surface area (Å²) in [5.41, 5.74) is 1.00. The van der Waals surface area contributed by atoms with Crippen molar-refractivity contribution in [2.45, 2.75) is 6.54 Å². The average Bonchev–Trinajstić information content (AvgIpc) is 2.84. The number of nitrogens with one attached hydrogen (secondary N) is 1. The van der Waals surface area contributed by atoms with Gasteiger partial charge in [-0.05, 0) is 12.1 Å². The second kappa shape index (κ2) is 9.20. The molecule has 1 aliphatic heterocycles. The highest BCUT2D eigenvalue weighted by molar-refractivity contribution is 6.42. The third kappa shape index (κ3) is 3.88. The van der Waals surface area contributed by atoms with Gasteiger partial charge in [0.05, 0.1) is 37.1 Å². The minimum Gasteiger partial charge on any atom is -0.495 e. The molecule has 2 amide bonds. The van der Waals surface area contributed by atoms with Crippen molar-refractivity contribution in [3.05, 3.63) is 62.3 Å². The van der Waals surface area contributed by atoms with Gasteiger partial charge in [-0.1, -0.05) is 23.2 Å². The molecule has 4 rings (SSSR count). The number of non-ortho nitro benzene ring substituents is 1. The molecule has 0 aliphatic carbocycles. The van der Waals surface area contributed by atoms with Gasteiger partial charge in [-0.3, -0.25) is 15.0 Å². The predicted molar refractivity (Wildman–Crippen MR) is 128 cm³/mol. The van der Waals surface area contributed by atoms with Crippen LogP contribution in [0, 0.1) is 10.1 Å². The number of amides is 2. The van der Waals surface area contributed by atoms with Gasteiger partial charge in [0.2, 0.25) is 5.95 Å². The number of benzene rings is 2. The van der Waals surface area contributed by atoms with Crippen LogP contribution in [0.5, 0.6) is 11.5 Å². The fourth-order valence-corrected chi connectivity index (χ4v) is 4.22. The number of aromatic nitrogens is 2. The fourth-order valence-electron chi connectivity index (χ4n) is 3.51. The van der Waals surface area contributed by atoms with Gasteiger partial charge < -0.3 is 14.8 Å². The van der Waals surface area contributed by atoms with Crippen molar-refractivity contribution in [3.8, 4) is 11.5 Å². The maximum Gasteiger partial charge on any atom is 0.335 e. The second-order valence-electron chi connectivity index (χ2n) is 7.03. The van der Waals surface area contributed by atoms with Crippen molar-refractivity contribution in [2.75, 3.05) is 36.4 Å². The molecule has 0 spiro atoms. The number of methoxy groups -OCH3 is 2. The van der Waals surface area contributed by atoms with Crippen LogP contribution in [0.4, 0.5) is 33.6 Å². The lowest BCUT2D eigenvalue weighted by Crippen LogP contribution is -2.45. The maximum atomic E-state index is 13.8. The number of urea groups is 1. The van der Waals surface area contributed by atoms with E-state index in [1.165, 1.54) is 54.4 Å². The molecule has 3 aromatic rings. The van der Waals surface area contributed by atoms with Gasteiger partial charge in [0.15, 0.2) is 5.82 Å². The molecule has 0 saturated heterocycles. The Kier molecular flexibility index (Phi) is 6.31. The van der Waals surface area contributed by atoms with E-state index < -0.39 is 11.0 Å². The molecule has 1 aliphatic rings. The standard InChI is InChI=1S/C21H18Cl2N6O5/c1-24-20-25-9-11-10-27(18-16(22)14(33-2)8-15(34-3)17(18)23)21(30)28(19(11)26-20)12-4-6-13(7-5-12)29(31)32/h4-9H,10H2,1-3H3,(H,24,25,26). The highest BCUT2D eigenvalue weighted by atomic mass is 35.5. The molecule has 176 valence electrons. The third-order valence-corrected chi connectivity index (χ3v) is 5.90. The minimum absolute atomic E-state index is 0.0530. The molecule has 0 unspecified atom stereocenters. The topological polar surface area (TPSA) is 123 Å². The summed E-state index contributed by atoms with van der Waals surface area (Å²) in [7, 11) is 4.51. The van der Waals surface area contributed by atoms with E-state index in [9.17, 15) is 14.9 Å². The molecule has 2 aromatic carbocycles. The van der Waals surface area contributed by atoms with E-state index in [4.69, 9.17) is 32.7 Å². The number of fused-ring (bicyclic) bond motifs is 1. The van der Waals surface area contributed by atoms with E-state index in [0.29, 0.717) is 23.0 Å². The summed E-state index contributed by atoms with van der Waals surface area (Å²) >= 11 is 13.1. The summed E-state index contributed by atoms with van der Waals surface area (Å²) in [6.07, 6.45) is 1.57. The molecule has 34 heavy (non-hydrogen) atoms. The number of anilines is 4. The lowest BCUT2D eigenvalue weighted by atomic mass is 10.1. The Morgan fingerprint density at radius 2 is 1.74 bits per heavy atom. The summed E-state index contributed by atoms with van der Waals surface area (Å²) < 4.78 is 10.7. The molecule has 1 N–H and O–H groups in total. The Morgan fingerprint density at radius 3 is 2.26 bits per heavy atom. The van der Waals surface area contributed by atoms with E-state index in [1.807, 2.05) is 0 Å². The second-order valence-corrected chi connectivity index (χ2v) is 7.78. The van der Waals surface area contributed by atoms with Gasteiger partial charge in [-0.15, -0.1) is 0 Å². The molecule has 0 saturated carbocycles. The number of nitro benzene ring substituents is 1. The van der Waals surface area contributed by atoms with Crippen molar-refractivity contribution in [2.24, 2.45) is 0 Å². The summed E-state index contributed by atoms with van der Waals surface area (Å²) in [6, 6.07) is 6.50. The van der Waals surface area contributed by atoms with Crippen LogP contribution in [0.15, 0.2) is 36.5 Å². The van der Waals surface area contributed by atoms with Gasteiger partial charge in [-0.25, -0.2) is 14.7 Å². The van der Waals surface area contributed by atoms with Crippen LogP contribution in [-0.4, -0.2) is 42.2 Å². The van der Waals surface area contributed by atoms with Gasteiger partial charge >= 0.3 is 6.03 Å². The maximum absolute atomic E-state index is 13.8. The van der Waals surface area contributed by atoms with Gasteiger partial charge in [0.1, 0.15) is 21.5 Å². The number of nitrogens with zero attached hydrogens (tertiary/aromatic N) is 5. The van der Waals surface area contributed by atoms with Crippen molar-refractivity contribution in [1.82, 2.24) is 9.97 Å². The molecule has 0 atom stereocenters. The van der Waals surface area contributed by atoms with E-state index in [0.717, 1.165) is 0 Å². The fraction of sp³-hybridized carbons (Fsp3) is 0.190. The van der Waals surface area contributed by atoms with Gasteiger partial charge in [-0.2, -0.15) is 4.98 Å². The van der Waals surface area contributed by atoms with Gasteiger partial charge in [0.25, 0.3) is 5.69 Å².